The van der Waals surface area contributed by atoms with Crippen LogP contribution in [-0.2, 0) is 0 Å². The highest BCUT2D eigenvalue weighted by atomic mass is 16.2. The summed E-state index contributed by atoms with van der Waals surface area (Å²) >= 11 is 0. The predicted molar refractivity (Wildman–Crippen MR) is 107 cm³/mol. The first-order chi connectivity index (χ1) is 12.9. The summed E-state index contributed by atoms with van der Waals surface area (Å²) in [6.07, 6.45) is 6.43. The molecule has 1 saturated heterocycles. The van der Waals surface area contributed by atoms with Gasteiger partial charge in [0.1, 0.15) is 11.6 Å². The number of carbonyl (C=O) groups is 1. The summed E-state index contributed by atoms with van der Waals surface area (Å²) in [5, 5.41) is 3.56. The molecule has 3 heterocycles. The molecule has 1 aliphatic rings. The van der Waals surface area contributed by atoms with Gasteiger partial charge in [-0.15, -0.1) is 0 Å². The van der Waals surface area contributed by atoms with Gasteiger partial charge >= 0.3 is 0 Å². The number of aryl methyl sites for hydroxylation is 2. The number of nitrogens with one attached hydrogen (secondary N) is 1. The molecule has 0 aromatic carbocycles. The normalized spacial score (nSPS) is 17.3. The minimum Gasteiger partial charge on any atom is -0.381 e. The molecular weight excluding hydrogens is 340 g/mol. The van der Waals surface area contributed by atoms with Crippen molar-refractivity contribution < 1.29 is 4.79 Å². The topological polar surface area (TPSA) is 74.2 Å². The van der Waals surface area contributed by atoms with Gasteiger partial charge in [0.25, 0.3) is 5.91 Å². The van der Waals surface area contributed by atoms with Gasteiger partial charge in [-0.1, -0.05) is 0 Å². The summed E-state index contributed by atoms with van der Waals surface area (Å²) < 4.78 is 0. The molecule has 0 aliphatic carbocycles. The summed E-state index contributed by atoms with van der Waals surface area (Å²) in [6.45, 7) is 5.20. The Morgan fingerprint density at radius 2 is 1.96 bits per heavy atom. The van der Waals surface area contributed by atoms with Crippen molar-refractivity contribution in [3.63, 3.8) is 0 Å². The summed E-state index contributed by atoms with van der Waals surface area (Å²) in [5.74, 6) is 1.66. The van der Waals surface area contributed by atoms with E-state index in [2.05, 4.69) is 26.3 Å². The number of nitrogens with zero attached hydrogens (tertiary/aromatic N) is 5. The summed E-state index contributed by atoms with van der Waals surface area (Å²) in [7, 11) is 3.96. The van der Waals surface area contributed by atoms with Crippen molar-refractivity contribution in [1.29, 1.82) is 0 Å². The molecule has 0 bridgehead atoms. The first-order valence-corrected chi connectivity index (χ1v) is 9.43. The quantitative estimate of drug-likeness (QED) is 0.894. The van der Waals surface area contributed by atoms with Crippen LogP contribution in [0.1, 0.15) is 41.1 Å². The Morgan fingerprint density at radius 3 is 2.63 bits per heavy atom. The average molecular weight is 368 g/mol. The van der Waals surface area contributed by atoms with Crippen LogP contribution in [0.4, 0.5) is 11.5 Å². The van der Waals surface area contributed by atoms with Gasteiger partial charge in [-0.3, -0.25) is 4.79 Å². The van der Waals surface area contributed by atoms with Gasteiger partial charge in [-0.2, -0.15) is 0 Å². The molecule has 7 heteroatoms. The van der Waals surface area contributed by atoms with Crippen molar-refractivity contribution in [3.05, 3.63) is 41.6 Å². The second-order valence-electron chi connectivity index (χ2n) is 7.28. The Labute approximate surface area is 160 Å². The number of aromatic nitrogens is 3. The number of hydrogen-bond donors (Lipinski definition) is 1. The average Bonchev–Trinajstić information content (AvgIpc) is 2.87. The van der Waals surface area contributed by atoms with E-state index in [0.29, 0.717) is 17.4 Å². The lowest BCUT2D eigenvalue weighted by molar-refractivity contribution is 0.0759. The summed E-state index contributed by atoms with van der Waals surface area (Å²) in [6, 6.07) is 4.41. The van der Waals surface area contributed by atoms with Crippen molar-refractivity contribution in [2.45, 2.75) is 39.2 Å². The smallest absolute Gasteiger partial charge is 0.257 e. The van der Waals surface area contributed by atoms with Crippen LogP contribution in [0.25, 0.3) is 0 Å². The molecule has 1 aliphatic heterocycles. The lowest BCUT2D eigenvalue weighted by Crippen LogP contribution is -2.33. The van der Waals surface area contributed by atoms with Gasteiger partial charge in [0.15, 0.2) is 0 Å². The zero-order valence-electron chi connectivity index (χ0n) is 16.6. The highest BCUT2D eigenvalue weighted by Crippen LogP contribution is 2.19. The minimum absolute atomic E-state index is 0.0325. The van der Waals surface area contributed by atoms with Gasteiger partial charge in [-0.05, 0) is 45.2 Å². The number of rotatable bonds is 4. The molecule has 0 radical (unpaired) electrons. The minimum atomic E-state index is 0.0325. The largest absolute Gasteiger partial charge is 0.381 e. The SMILES string of the molecule is Cc1ncc(C(=O)N2CCC[C@@H](Nc3ccc(N(C)C)nc3)CC2)c(C)n1. The van der Waals surface area contributed by atoms with Gasteiger partial charge in [0, 0.05) is 39.4 Å². The van der Waals surface area contributed by atoms with Crippen LogP contribution < -0.4 is 10.2 Å². The van der Waals surface area contributed by atoms with E-state index in [0.717, 1.165) is 49.6 Å². The number of pyridine rings is 1. The monoisotopic (exact) mass is 368 g/mol. The van der Waals surface area contributed by atoms with E-state index in [9.17, 15) is 4.79 Å². The first-order valence-electron chi connectivity index (χ1n) is 9.43. The molecule has 2 aromatic rings. The van der Waals surface area contributed by atoms with Crippen molar-refractivity contribution in [3.8, 4) is 0 Å². The van der Waals surface area contributed by atoms with E-state index in [4.69, 9.17) is 0 Å². The maximum absolute atomic E-state index is 12.9. The van der Waals surface area contributed by atoms with Gasteiger partial charge < -0.3 is 15.1 Å². The van der Waals surface area contributed by atoms with Gasteiger partial charge in [0.2, 0.25) is 0 Å². The number of carbonyl (C=O) groups excluding carboxylic acids is 1. The molecule has 7 nitrogen and oxygen atoms in total. The second-order valence-corrected chi connectivity index (χ2v) is 7.28. The molecule has 3 rings (SSSR count). The third kappa shape index (κ3) is 4.72. The van der Waals surface area contributed by atoms with Crippen LogP contribution in [0.15, 0.2) is 24.5 Å². The molecule has 1 atom stereocenters. The molecule has 0 unspecified atom stereocenters. The Kier molecular flexibility index (Phi) is 5.88. The van der Waals surface area contributed by atoms with Crippen molar-refractivity contribution in [2.24, 2.45) is 0 Å². The molecule has 0 spiro atoms. The highest BCUT2D eigenvalue weighted by Gasteiger charge is 2.23. The molecule has 1 fully saturated rings. The molecule has 0 saturated carbocycles. The van der Waals surface area contributed by atoms with Gasteiger partial charge in [0.05, 0.1) is 23.1 Å². The second kappa shape index (κ2) is 8.33. The van der Waals surface area contributed by atoms with Crippen LogP contribution in [0, 0.1) is 13.8 Å². The molecule has 2 aromatic heterocycles. The van der Waals surface area contributed by atoms with E-state index in [1.54, 1.807) is 6.20 Å². The lowest BCUT2D eigenvalue weighted by Gasteiger charge is -2.22. The Bertz CT molecular complexity index is 790. The first kappa shape index (κ1) is 19.1. The zero-order valence-corrected chi connectivity index (χ0v) is 16.6. The molecule has 27 heavy (non-hydrogen) atoms. The molecule has 1 N–H and O–H groups in total. The Balaban J connectivity index is 1.60. The van der Waals surface area contributed by atoms with Crippen LogP contribution in [0.3, 0.4) is 0 Å². The Hall–Kier alpha value is -2.70. The maximum atomic E-state index is 12.9. The predicted octanol–water partition coefficient (Wildman–Crippen LogP) is 2.66. The lowest BCUT2D eigenvalue weighted by atomic mass is 10.1. The number of amides is 1. The van der Waals surface area contributed by atoms with Gasteiger partial charge in [-0.25, -0.2) is 15.0 Å². The number of likely N-dealkylation sites (tertiary alicyclic amines) is 1. The van der Waals surface area contributed by atoms with E-state index >= 15 is 0 Å². The summed E-state index contributed by atoms with van der Waals surface area (Å²) in [5.41, 5.74) is 2.38. The van der Waals surface area contributed by atoms with E-state index in [-0.39, 0.29) is 5.91 Å². The highest BCUT2D eigenvalue weighted by molar-refractivity contribution is 5.94. The third-order valence-electron chi connectivity index (χ3n) is 4.92. The molecule has 144 valence electrons. The molecular formula is C20H28N6O. The van der Waals surface area contributed by atoms with Crippen LogP contribution in [0.5, 0.6) is 0 Å². The summed E-state index contributed by atoms with van der Waals surface area (Å²) in [4.78, 5) is 29.7. The third-order valence-corrected chi connectivity index (χ3v) is 4.92. The van der Waals surface area contributed by atoms with Crippen LogP contribution in [0.2, 0.25) is 0 Å². The standard InChI is InChI=1S/C20H28N6O/c1-14-18(13-21-15(2)23-14)20(27)26-10-5-6-16(9-11-26)24-17-7-8-19(22-12-17)25(3)4/h7-8,12-13,16,24H,5-6,9-11H2,1-4H3/t16-/m1/s1. The Morgan fingerprint density at radius 1 is 1.15 bits per heavy atom. The van der Waals surface area contributed by atoms with Crippen molar-refractivity contribution in [1.82, 2.24) is 19.9 Å². The van der Waals surface area contributed by atoms with E-state index in [1.165, 1.54) is 0 Å². The zero-order chi connectivity index (χ0) is 19.4. The van der Waals surface area contributed by atoms with E-state index in [1.807, 2.05) is 50.0 Å². The van der Waals surface area contributed by atoms with E-state index < -0.39 is 0 Å². The fourth-order valence-electron chi connectivity index (χ4n) is 3.38. The fourth-order valence-corrected chi connectivity index (χ4v) is 3.38. The van der Waals surface area contributed by atoms with Crippen molar-refractivity contribution >= 4 is 17.4 Å². The van der Waals surface area contributed by atoms with Crippen LogP contribution >= 0.6 is 0 Å². The fraction of sp³-hybridized carbons (Fsp3) is 0.500. The number of anilines is 2. The van der Waals surface area contributed by atoms with Crippen molar-refractivity contribution in [2.75, 3.05) is 37.4 Å². The number of hydrogen-bond acceptors (Lipinski definition) is 6. The maximum Gasteiger partial charge on any atom is 0.257 e. The van der Waals surface area contributed by atoms with Crippen LogP contribution in [-0.4, -0.2) is 59.0 Å². The molecule has 1 amide bonds.